The second-order valence-corrected chi connectivity index (χ2v) is 7.45. The average Bonchev–Trinajstić information content (AvgIpc) is 2.80. The predicted octanol–water partition coefficient (Wildman–Crippen LogP) is 6.00. The summed E-state index contributed by atoms with van der Waals surface area (Å²) in [5.74, 6) is 0. The fraction of sp³-hybridized carbons (Fsp3) is 0.115. The van der Waals surface area contributed by atoms with E-state index in [1.165, 1.54) is 0 Å². The predicted molar refractivity (Wildman–Crippen MR) is 125 cm³/mol. The van der Waals surface area contributed by atoms with Crippen molar-refractivity contribution in [3.8, 4) is 22.3 Å². The van der Waals surface area contributed by atoms with Crippen molar-refractivity contribution in [1.29, 1.82) is 0 Å². The number of aromatic nitrogens is 2. The van der Waals surface area contributed by atoms with E-state index >= 15 is 0 Å². The van der Waals surface area contributed by atoms with Crippen molar-refractivity contribution in [2.75, 3.05) is 5.32 Å². The Labute approximate surface area is 182 Å². The number of anilines is 1. The minimum atomic E-state index is -0.239. The Bertz CT molecular complexity index is 1160. The van der Waals surface area contributed by atoms with Crippen LogP contribution >= 0.6 is 0 Å². The Balaban J connectivity index is 1.36. The van der Waals surface area contributed by atoms with Gasteiger partial charge in [0.2, 0.25) is 0 Å². The van der Waals surface area contributed by atoms with Crippen molar-refractivity contribution in [3.63, 3.8) is 0 Å². The van der Waals surface area contributed by atoms with Gasteiger partial charge in [-0.1, -0.05) is 42.5 Å². The zero-order valence-corrected chi connectivity index (χ0v) is 17.5. The van der Waals surface area contributed by atoms with E-state index in [9.17, 15) is 4.79 Å². The van der Waals surface area contributed by atoms with Crippen molar-refractivity contribution in [2.45, 2.75) is 19.9 Å². The molecule has 2 aromatic carbocycles. The van der Waals surface area contributed by atoms with Gasteiger partial charge < -0.3 is 10.6 Å². The third-order valence-electron chi connectivity index (χ3n) is 5.13. The maximum absolute atomic E-state index is 12.4. The molecule has 0 saturated heterocycles. The molecule has 2 amide bonds. The number of carbonyl (C=O) groups is 1. The first kappa shape index (κ1) is 20.3. The van der Waals surface area contributed by atoms with Crippen LogP contribution in [0.4, 0.5) is 10.5 Å². The topological polar surface area (TPSA) is 66.9 Å². The van der Waals surface area contributed by atoms with E-state index in [0.717, 1.165) is 39.2 Å². The maximum Gasteiger partial charge on any atom is 0.319 e. The Morgan fingerprint density at radius 3 is 2.23 bits per heavy atom. The second-order valence-electron chi connectivity index (χ2n) is 7.45. The monoisotopic (exact) mass is 408 g/mol. The van der Waals surface area contributed by atoms with E-state index in [4.69, 9.17) is 0 Å². The molecular formula is C26H24N4O. The van der Waals surface area contributed by atoms with Gasteiger partial charge in [0.1, 0.15) is 0 Å². The van der Waals surface area contributed by atoms with Crippen LogP contribution in [0.3, 0.4) is 0 Å². The molecule has 0 aliphatic carbocycles. The number of rotatable bonds is 5. The largest absolute Gasteiger partial charge is 0.331 e. The van der Waals surface area contributed by atoms with Crippen LogP contribution in [0.15, 0.2) is 91.4 Å². The summed E-state index contributed by atoms with van der Waals surface area (Å²) in [4.78, 5) is 20.8. The summed E-state index contributed by atoms with van der Waals surface area (Å²) in [6, 6.07) is 23.5. The van der Waals surface area contributed by atoms with Crippen LogP contribution in [0.5, 0.6) is 0 Å². The fourth-order valence-electron chi connectivity index (χ4n) is 3.42. The minimum Gasteiger partial charge on any atom is -0.331 e. The number of pyridine rings is 2. The highest BCUT2D eigenvalue weighted by molar-refractivity contribution is 5.89. The van der Waals surface area contributed by atoms with Crippen LogP contribution in [0, 0.1) is 6.92 Å². The number of urea groups is 1. The van der Waals surface area contributed by atoms with Gasteiger partial charge in [0.05, 0.1) is 6.04 Å². The van der Waals surface area contributed by atoms with E-state index in [2.05, 4.69) is 20.6 Å². The summed E-state index contributed by atoms with van der Waals surface area (Å²) in [6.45, 7) is 3.94. The molecule has 4 aromatic rings. The number of nitrogens with one attached hydrogen (secondary N) is 2. The van der Waals surface area contributed by atoms with Gasteiger partial charge >= 0.3 is 6.03 Å². The summed E-state index contributed by atoms with van der Waals surface area (Å²) in [6.07, 6.45) is 5.40. The molecule has 5 nitrogen and oxygen atoms in total. The zero-order chi connectivity index (χ0) is 21.6. The van der Waals surface area contributed by atoms with Crippen LogP contribution in [0.1, 0.15) is 24.2 Å². The molecule has 4 rings (SSSR count). The van der Waals surface area contributed by atoms with Gasteiger partial charge in [-0.3, -0.25) is 9.97 Å². The minimum absolute atomic E-state index is 0.123. The van der Waals surface area contributed by atoms with Crippen molar-refractivity contribution < 1.29 is 4.79 Å². The molecule has 2 N–H and O–H groups in total. The molecule has 2 heterocycles. The second kappa shape index (κ2) is 9.22. The lowest BCUT2D eigenvalue weighted by atomic mass is 10.0. The summed E-state index contributed by atoms with van der Waals surface area (Å²) >= 11 is 0. The molecule has 0 bridgehead atoms. The van der Waals surface area contributed by atoms with Gasteiger partial charge in [-0.05, 0) is 72.0 Å². The summed E-state index contributed by atoms with van der Waals surface area (Å²) < 4.78 is 0. The fourth-order valence-corrected chi connectivity index (χ4v) is 3.42. The number of amides is 2. The molecule has 1 atom stereocenters. The van der Waals surface area contributed by atoms with Gasteiger partial charge in [-0.15, -0.1) is 0 Å². The van der Waals surface area contributed by atoms with Crippen LogP contribution in [-0.4, -0.2) is 16.0 Å². The van der Waals surface area contributed by atoms with Gasteiger partial charge in [-0.2, -0.15) is 0 Å². The molecular weight excluding hydrogens is 384 g/mol. The highest BCUT2D eigenvalue weighted by atomic mass is 16.2. The smallest absolute Gasteiger partial charge is 0.319 e. The maximum atomic E-state index is 12.4. The lowest BCUT2D eigenvalue weighted by molar-refractivity contribution is 0.249. The lowest BCUT2D eigenvalue weighted by Crippen LogP contribution is -2.31. The number of nitrogens with zero attached hydrogens (tertiary/aromatic N) is 2. The summed E-state index contributed by atoms with van der Waals surface area (Å²) in [5, 5.41) is 5.89. The standard InChI is InChI=1S/C26H24N4O/c1-18-16-23(13-15-28-18)21-9-11-25(12-10-21)30-26(31)29-19(2)20-5-7-22(8-6-20)24-4-3-14-27-17-24/h3-17,19H,1-2H3,(H2,29,30,31). The molecule has 0 radical (unpaired) electrons. The van der Waals surface area contributed by atoms with Gasteiger partial charge in [-0.25, -0.2) is 4.79 Å². The number of carbonyl (C=O) groups excluding carboxylic acids is 1. The Kier molecular flexibility index (Phi) is 6.03. The molecule has 0 aliphatic heterocycles. The molecule has 0 aliphatic rings. The summed E-state index contributed by atoms with van der Waals surface area (Å²) in [7, 11) is 0. The summed E-state index contributed by atoms with van der Waals surface area (Å²) in [5.41, 5.74) is 7.10. The average molecular weight is 409 g/mol. The van der Waals surface area contributed by atoms with Crippen LogP contribution in [-0.2, 0) is 0 Å². The Morgan fingerprint density at radius 2 is 1.55 bits per heavy atom. The van der Waals surface area contributed by atoms with E-state index in [0.29, 0.717) is 0 Å². The number of hydrogen-bond acceptors (Lipinski definition) is 3. The zero-order valence-electron chi connectivity index (χ0n) is 17.5. The van der Waals surface area contributed by atoms with E-state index in [-0.39, 0.29) is 12.1 Å². The van der Waals surface area contributed by atoms with Crippen LogP contribution in [0.2, 0.25) is 0 Å². The van der Waals surface area contributed by atoms with Crippen molar-refractivity contribution in [2.24, 2.45) is 0 Å². The first-order valence-corrected chi connectivity index (χ1v) is 10.2. The Hall–Kier alpha value is -3.99. The first-order chi connectivity index (χ1) is 15.1. The lowest BCUT2D eigenvalue weighted by Gasteiger charge is -2.16. The van der Waals surface area contributed by atoms with Crippen molar-refractivity contribution in [1.82, 2.24) is 15.3 Å². The van der Waals surface area contributed by atoms with E-state index in [1.807, 2.05) is 92.8 Å². The molecule has 154 valence electrons. The molecule has 0 spiro atoms. The van der Waals surface area contributed by atoms with E-state index in [1.54, 1.807) is 12.4 Å². The Morgan fingerprint density at radius 1 is 0.839 bits per heavy atom. The first-order valence-electron chi connectivity index (χ1n) is 10.2. The van der Waals surface area contributed by atoms with Crippen LogP contribution in [0.25, 0.3) is 22.3 Å². The normalized spacial score (nSPS) is 11.5. The van der Waals surface area contributed by atoms with E-state index < -0.39 is 0 Å². The van der Waals surface area contributed by atoms with Gasteiger partial charge in [0, 0.05) is 30.0 Å². The van der Waals surface area contributed by atoms with Crippen LogP contribution < -0.4 is 10.6 Å². The molecule has 2 aromatic heterocycles. The van der Waals surface area contributed by atoms with Gasteiger partial charge in [0.25, 0.3) is 0 Å². The molecule has 0 fully saturated rings. The third-order valence-corrected chi connectivity index (χ3v) is 5.13. The third kappa shape index (κ3) is 5.14. The number of hydrogen-bond donors (Lipinski definition) is 2. The molecule has 0 saturated carbocycles. The highest BCUT2D eigenvalue weighted by Crippen LogP contribution is 2.23. The quantitative estimate of drug-likeness (QED) is 0.425. The molecule has 1 unspecified atom stereocenters. The SMILES string of the molecule is Cc1cc(-c2ccc(NC(=O)NC(C)c3ccc(-c4cccnc4)cc3)cc2)ccn1. The molecule has 31 heavy (non-hydrogen) atoms. The van der Waals surface area contributed by atoms with Crippen molar-refractivity contribution in [3.05, 3.63) is 103 Å². The van der Waals surface area contributed by atoms with Gasteiger partial charge in [0.15, 0.2) is 0 Å². The van der Waals surface area contributed by atoms with Crippen molar-refractivity contribution >= 4 is 11.7 Å². The number of aryl methyl sites for hydroxylation is 1. The molecule has 5 heteroatoms. The number of benzene rings is 2. The highest BCUT2D eigenvalue weighted by Gasteiger charge is 2.10.